The van der Waals surface area contributed by atoms with E-state index in [2.05, 4.69) is 0 Å². The summed E-state index contributed by atoms with van der Waals surface area (Å²) in [5, 5.41) is 0. The number of para-hydroxylation sites is 2. The number of anilines is 1. The normalized spacial score (nSPS) is 24.7. The summed E-state index contributed by atoms with van der Waals surface area (Å²) >= 11 is 0. The molecule has 8 heteroatoms. The molecule has 37 heavy (non-hydrogen) atoms. The number of carbonyl (C=O) groups is 3. The number of carbonyl (C=O) groups excluding carboxylic acids is 3. The van der Waals surface area contributed by atoms with Crippen molar-refractivity contribution in [1.29, 1.82) is 0 Å². The molecule has 0 N–H and O–H groups in total. The van der Waals surface area contributed by atoms with Gasteiger partial charge >= 0.3 is 0 Å². The number of nitrogens with zero attached hydrogens (tertiary/aromatic N) is 2. The first-order valence-corrected chi connectivity index (χ1v) is 12.1. The molecule has 0 aromatic heterocycles. The number of hydrogen-bond donors (Lipinski definition) is 0. The minimum absolute atomic E-state index is 0.0929. The van der Waals surface area contributed by atoms with Gasteiger partial charge in [0, 0.05) is 11.8 Å². The van der Waals surface area contributed by atoms with E-state index in [1.807, 2.05) is 41.4 Å². The maximum absolute atomic E-state index is 14.1. The largest absolute Gasteiger partial charge is 0.495 e. The van der Waals surface area contributed by atoms with Crippen LogP contribution < -0.4 is 19.1 Å². The zero-order valence-corrected chi connectivity index (χ0v) is 19.9. The number of fused-ring (bicyclic) bond motifs is 6. The molecule has 0 unspecified atom stereocenters. The van der Waals surface area contributed by atoms with Crippen molar-refractivity contribution in [3.63, 3.8) is 0 Å². The van der Waals surface area contributed by atoms with Gasteiger partial charge in [-0.25, -0.2) is 4.90 Å². The van der Waals surface area contributed by atoms with Gasteiger partial charge in [-0.15, -0.1) is 0 Å². The molecule has 0 spiro atoms. The van der Waals surface area contributed by atoms with E-state index in [4.69, 9.17) is 14.2 Å². The van der Waals surface area contributed by atoms with Crippen LogP contribution in [0.4, 0.5) is 5.69 Å². The lowest BCUT2D eigenvalue weighted by Gasteiger charge is -2.35. The van der Waals surface area contributed by atoms with Crippen LogP contribution in [0.1, 0.15) is 27.5 Å². The molecule has 4 heterocycles. The Labute approximate surface area is 212 Å². The molecule has 4 aliphatic rings. The zero-order valence-electron chi connectivity index (χ0n) is 19.9. The van der Waals surface area contributed by atoms with Crippen molar-refractivity contribution in [2.45, 2.75) is 12.1 Å². The highest BCUT2D eigenvalue weighted by atomic mass is 16.7. The van der Waals surface area contributed by atoms with Gasteiger partial charge in [-0.1, -0.05) is 36.4 Å². The third-order valence-electron chi connectivity index (χ3n) is 7.71. The molecule has 7 rings (SSSR count). The monoisotopic (exact) mass is 494 g/mol. The van der Waals surface area contributed by atoms with Gasteiger partial charge in [-0.05, 0) is 47.5 Å². The number of imide groups is 1. The van der Waals surface area contributed by atoms with Crippen LogP contribution in [0.15, 0.2) is 72.9 Å². The highest BCUT2D eigenvalue weighted by Crippen LogP contribution is 2.54. The van der Waals surface area contributed by atoms with Gasteiger partial charge in [0.1, 0.15) is 11.8 Å². The summed E-state index contributed by atoms with van der Waals surface area (Å²) in [6, 6.07) is 18.4. The van der Waals surface area contributed by atoms with Gasteiger partial charge in [0.05, 0.1) is 30.7 Å². The van der Waals surface area contributed by atoms with Crippen LogP contribution in [0.2, 0.25) is 0 Å². The molecule has 2 amide bonds. The maximum Gasteiger partial charge on any atom is 0.240 e. The summed E-state index contributed by atoms with van der Waals surface area (Å²) in [6.45, 7) is 0.0929. The standard InChI is InChI=1S/C29H22N2O6/c1-35-20-9-5-4-8-19(20)31-28(33)23-24(29(31)34)26(27(32)17-10-11-21-22(14-17)37-15-36-21)30-13-12-16-6-2-3-7-18(16)25(23)30/h2-14,23-26H,15H2,1H3/t23-,24+,25-,26-/m0/s1. The Balaban J connectivity index is 1.37. The summed E-state index contributed by atoms with van der Waals surface area (Å²) in [5.41, 5.74) is 2.67. The first-order chi connectivity index (χ1) is 18.1. The molecule has 3 aromatic carbocycles. The Morgan fingerprint density at radius 2 is 1.68 bits per heavy atom. The Morgan fingerprint density at radius 3 is 2.54 bits per heavy atom. The molecular weight excluding hydrogens is 472 g/mol. The van der Waals surface area contributed by atoms with Crippen molar-refractivity contribution in [2.24, 2.45) is 11.8 Å². The van der Waals surface area contributed by atoms with E-state index in [1.54, 1.807) is 42.5 Å². The molecule has 2 saturated heterocycles. The van der Waals surface area contributed by atoms with Crippen molar-refractivity contribution in [3.05, 3.63) is 89.6 Å². The summed E-state index contributed by atoms with van der Waals surface area (Å²) in [5.74, 6) is -1.10. The Kier molecular flexibility index (Phi) is 4.66. The second-order valence-corrected chi connectivity index (χ2v) is 9.45. The van der Waals surface area contributed by atoms with Crippen molar-refractivity contribution in [3.8, 4) is 17.2 Å². The Hall–Kier alpha value is -4.59. The van der Waals surface area contributed by atoms with Crippen LogP contribution in [-0.4, -0.2) is 42.4 Å². The second-order valence-electron chi connectivity index (χ2n) is 9.45. The lowest BCUT2D eigenvalue weighted by molar-refractivity contribution is -0.123. The van der Waals surface area contributed by atoms with Crippen LogP contribution >= 0.6 is 0 Å². The molecule has 0 radical (unpaired) electrons. The quantitative estimate of drug-likeness (QED) is 0.403. The van der Waals surface area contributed by atoms with Crippen molar-refractivity contribution in [2.75, 3.05) is 18.8 Å². The van der Waals surface area contributed by atoms with Crippen LogP contribution in [0, 0.1) is 11.8 Å². The number of ketones is 1. The SMILES string of the molecule is COc1ccccc1N1C(=O)[C@@H]2[C@H](C1=O)[C@@H]1c3ccccc3C=CN1[C@@H]2C(=O)c1ccc2c(c1)OCO2. The van der Waals surface area contributed by atoms with Crippen molar-refractivity contribution in [1.82, 2.24) is 4.90 Å². The van der Waals surface area contributed by atoms with E-state index in [9.17, 15) is 14.4 Å². The summed E-state index contributed by atoms with van der Waals surface area (Å²) in [7, 11) is 1.50. The average molecular weight is 495 g/mol. The fraction of sp³-hybridized carbons (Fsp3) is 0.207. The number of benzene rings is 3. The molecule has 0 saturated carbocycles. The Bertz CT molecular complexity index is 1510. The van der Waals surface area contributed by atoms with Gasteiger partial charge in [-0.2, -0.15) is 0 Å². The third kappa shape index (κ3) is 2.98. The van der Waals surface area contributed by atoms with Gasteiger partial charge in [0.25, 0.3) is 0 Å². The smallest absolute Gasteiger partial charge is 0.240 e. The van der Waals surface area contributed by atoms with Gasteiger partial charge in [0.2, 0.25) is 18.6 Å². The lowest BCUT2D eigenvalue weighted by Crippen LogP contribution is -2.44. The number of Topliss-reactive ketones (excluding diaryl/α,β-unsaturated/α-hetero) is 1. The predicted octanol–water partition coefficient (Wildman–Crippen LogP) is 3.82. The molecule has 8 nitrogen and oxygen atoms in total. The minimum atomic E-state index is -0.865. The third-order valence-corrected chi connectivity index (χ3v) is 7.71. The molecule has 184 valence electrons. The fourth-order valence-corrected chi connectivity index (χ4v) is 6.13. The molecule has 0 bridgehead atoms. The van der Waals surface area contributed by atoms with E-state index in [-0.39, 0.29) is 18.5 Å². The van der Waals surface area contributed by atoms with E-state index >= 15 is 0 Å². The molecule has 4 atom stereocenters. The van der Waals surface area contributed by atoms with Crippen LogP contribution in [0.25, 0.3) is 6.08 Å². The van der Waals surface area contributed by atoms with E-state index in [0.29, 0.717) is 28.5 Å². The molecular formula is C29H22N2O6. The minimum Gasteiger partial charge on any atom is -0.495 e. The van der Waals surface area contributed by atoms with E-state index < -0.39 is 29.8 Å². The zero-order chi connectivity index (χ0) is 25.3. The number of hydrogen-bond acceptors (Lipinski definition) is 7. The predicted molar refractivity (Wildman–Crippen MR) is 133 cm³/mol. The second kappa shape index (κ2) is 7.96. The van der Waals surface area contributed by atoms with Crippen LogP contribution in [0.3, 0.4) is 0 Å². The van der Waals surface area contributed by atoms with E-state index in [0.717, 1.165) is 11.1 Å². The van der Waals surface area contributed by atoms with Gasteiger partial charge in [0.15, 0.2) is 17.3 Å². The first kappa shape index (κ1) is 21.7. The fourth-order valence-electron chi connectivity index (χ4n) is 6.13. The highest BCUT2D eigenvalue weighted by molar-refractivity contribution is 6.25. The first-order valence-electron chi connectivity index (χ1n) is 12.1. The summed E-state index contributed by atoms with van der Waals surface area (Å²) < 4.78 is 16.3. The molecule has 2 fully saturated rings. The van der Waals surface area contributed by atoms with Gasteiger partial charge < -0.3 is 19.1 Å². The molecule has 4 aliphatic heterocycles. The number of ether oxygens (including phenoxy) is 3. The van der Waals surface area contributed by atoms with Crippen LogP contribution in [0.5, 0.6) is 17.2 Å². The van der Waals surface area contributed by atoms with E-state index in [1.165, 1.54) is 12.0 Å². The number of rotatable bonds is 4. The van der Waals surface area contributed by atoms with Crippen molar-refractivity contribution >= 4 is 29.4 Å². The molecule has 3 aromatic rings. The maximum atomic E-state index is 14.1. The number of methoxy groups -OCH3 is 1. The topological polar surface area (TPSA) is 85.4 Å². The Morgan fingerprint density at radius 1 is 0.919 bits per heavy atom. The van der Waals surface area contributed by atoms with Crippen molar-refractivity contribution < 1.29 is 28.6 Å². The number of amides is 2. The van der Waals surface area contributed by atoms with Crippen LogP contribution in [-0.2, 0) is 9.59 Å². The van der Waals surface area contributed by atoms with Gasteiger partial charge in [-0.3, -0.25) is 14.4 Å². The highest BCUT2D eigenvalue weighted by Gasteiger charge is 2.64. The summed E-state index contributed by atoms with van der Waals surface area (Å²) in [4.78, 5) is 45.3. The summed E-state index contributed by atoms with van der Waals surface area (Å²) in [6.07, 6.45) is 3.77. The lowest BCUT2D eigenvalue weighted by atomic mass is 9.83. The average Bonchev–Trinajstić information content (AvgIpc) is 3.61. The molecule has 0 aliphatic carbocycles.